The van der Waals surface area contributed by atoms with Crippen LogP contribution >= 0.6 is 11.6 Å². The highest BCUT2D eigenvalue weighted by Crippen LogP contribution is 2.35. The number of anilines is 1. The number of nitrogens with zero attached hydrogens (tertiary/aromatic N) is 2. The number of pyridine rings is 1. The van der Waals surface area contributed by atoms with Gasteiger partial charge in [0.05, 0.1) is 11.2 Å². The molecule has 3 rings (SSSR count). The normalized spacial score (nSPS) is 15.4. The Morgan fingerprint density at radius 1 is 1.29 bits per heavy atom. The summed E-state index contributed by atoms with van der Waals surface area (Å²) >= 11 is 6.16. The fourth-order valence-corrected chi connectivity index (χ4v) is 3.14. The molecule has 0 radical (unpaired) electrons. The average Bonchev–Trinajstić information content (AvgIpc) is 2.50. The molecule has 110 valence electrons. The Labute approximate surface area is 128 Å². The highest BCUT2D eigenvalue weighted by molar-refractivity contribution is 6.32. The van der Waals surface area contributed by atoms with Gasteiger partial charge in [-0.2, -0.15) is 0 Å². The van der Waals surface area contributed by atoms with Gasteiger partial charge in [0.1, 0.15) is 5.56 Å². The van der Waals surface area contributed by atoms with Gasteiger partial charge in [0.15, 0.2) is 0 Å². The molecule has 0 unspecified atom stereocenters. The quantitative estimate of drug-likeness (QED) is 0.914. The van der Waals surface area contributed by atoms with Crippen LogP contribution in [0.15, 0.2) is 18.3 Å². The summed E-state index contributed by atoms with van der Waals surface area (Å²) in [6.45, 7) is 3.69. The number of hydrogen-bond donors (Lipinski definition) is 1. The summed E-state index contributed by atoms with van der Waals surface area (Å²) in [7, 11) is 0. The minimum Gasteiger partial charge on any atom is -0.478 e. The minimum absolute atomic E-state index is 0.270. The largest absolute Gasteiger partial charge is 0.478 e. The lowest BCUT2D eigenvalue weighted by molar-refractivity contribution is 0.0697. The molecule has 1 aliphatic heterocycles. The van der Waals surface area contributed by atoms with E-state index in [1.165, 1.54) is 12.6 Å². The van der Waals surface area contributed by atoms with E-state index >= 15 is 0 Å². The third kappa shape index (κ3) is 2.44. The van der Waals surface area contributed by atoms with Crippen LogP contribution in [0.5, 0.6) is 0 Å². The lowest BCUT2D eigenvalue weighted by atomic mass is 10.0. The van der Waals surface area contributed by atoms with Crippen molar-refractivity contribution in [3.8, 4) is 0 Å². The molecule has 1 fully saturated rings. The van der Waals surface area contributed by atoms with E-state index < -0.39 is 5.97 Å². The molecule has 0 amide bonds. The monoisotopic (exact) mass is 304 g/mol. The second kappa shape index (κ2) is 5.53. The number of aryl methyl sites for hydroxylation is 1. The van der Waals surface area contributed by atoms with Gasteiger partial charge in [-0.3, -0.25) is 4.98 Å². The lowest BCUT2D eigenvalue weighted by Gasteiger charge is -2.31. The van der Waals surface area contributed by atoms with Crippen molar-refractivity contribution in [2.45, 2.75) is 26.2 Å². The number of carboxylic acid groups (broad SMARTS) is 1. The van der Waals surface area contributed by atoms with E-state index in [9.17, 15) is 9.90 Å². The highest BCUT2D eigenvalue weighted by atomic mass is 35.5. The van der Waals surface area contributed by atoms with Gasteiger partial charge in [-0.25, -0.2) is 4.79 Å². The van der Waals surface area contributed by atoms with E-state index in [-0.39, 0.29) is 5.56 Å². The van der Waals surface area contributed by atoms with Crippen LogP contribution in [-0.2, 0) is 0 Å². The molecule has 0 saturated carbocycles. The first-order chi connectivity index (χ1) is 10.1. The molecule has 2 heterocycles. The Balaban J connectivity index is 2.28. The van der Waals surface area contributed by atoms with Crippen molar-refractivity contribution in [2.24, 2.45) is 0 Å². The number of halogens is 1. The number of aromatic carboxylic acids is 1. The summed E-state index contributed by atoms with van der Waals surface area (Å²) in [4.78, 5) is 18.1. The smallest absolute Gasteiger partial charge is 0.339 e. The molecule has 0 aliphatic carbocycles. The third-order valence-electron chi connectivity index (χ3n) is 4.10. The van der Waals surface area contributed by atoms with Crippen molar-refractivity contribution in [3.05, 3.63) is 34.5 Å². The second-order valence-corrected chi connectivity index (χ2v) is 5.85. The van der Waals surface area contributed by atoms with Crippen molar-refractivity contribution in [1.82, 2.24) is 4.98 Å². The number of fused-ring (bicyclic) bond motifs is 1. The van der Waals surface area contributed by atoms with Gasteiger partial charge in [-0.15, -0.1) is 0 Å². The van der Waals surface area contributed by atoms with Crippen molar-refractivity contribution in [3.63, 3.8) is 0 Å². The average molecular weight is 305 g/mol. The van der Waals surface area contributed by atoms with Gasteiger partial charge in [0.2, 0.25) is 0 Å². The molecule has 1 saturated heterocycles. The topological polar surface area (TPSA) is 53.4 Å². The predicted molar refractivity (Wildman–Crippen MR) is 84.5 cm³/mol. The number of piperidine rings is 1. The van der Waals surface area contributed by atoms with Crippen molar-refractivity contribution in [2.75, 3.05) is 18.0 Å². The summed E-state index contributed by atoms with van der Waals surface area (Å²) in [5, 5.41) is 11.0. The van der Waals surface area contributed by atoms with Gasteiger partial charge < -0.3 is 10.0 Å². The number of benzene rings is 1. The fraction of sp³-hybridized carbons (Fsp3) is 0.375. The van der Waals surface area contributed by atoms with E-state index in [0.29, 0.717) is 5.02 Å². The van der Waals surface area contributed by atoms with E-state index in [1.807, 2.05) is 19.1 Å². The molecule has 5 heteroatoms. The maximum Gasteiger partial charge on any atom is 0.339 e. The molecule has 1 aromatic carbocycles. The van der Waals surface area contributed by atoms with Gasteiger partial charge in [-0.1, -0.05) is 11.6 Å². The van der Waals surface area contributed by atoms with Crippen molar-refractivity contribution < 1.29 is 9.90 Å². The number of hydrogen-bond acceptors (Lipinski definition) is 3. The summed E-state index contributed by atoms with van der Waals surface area (Å²) in [5.74, 6) is -0.933. The van der Waals surface area contributed by atoms with E-state index in [4.69, 9.17) is 11.6 Å². The zero-order valence-corrected chi connectivity index (χ0v) is 12.7. The standard InChI is InChI=1S/C16H17ClN2O2/c1-10-13(17)6-5-11-14(10)18-9-12(16(20)21)15(11)19-7-3-2-4-8-19/h5-6,9H,2-4,7-8H2,1H3,(H,20,21). The summed E-state index contributed by atoms with van der Waals surface area (Å²) in [5.41, 5.74) is 2.73. The van der Waals surface area contributed by atoms with Crippen LogP contribution in [0.25, 0.3) is 10.9 Å². The number of aromatic nitrogens is 1. The van der Waals surface area contributed by atoms with Crippen LogP contribution in [0.1, 0.15) is 35.2 Å². The summed E-state index contributed by atoms with van der Waals surface area (Å²) in [6, 6.07) is 3.70. The minimum atomic E-state index is -0.933. The molecule has 1 aromatic heterocycles. The predicted octanol–water partition coefficient (Wildman–Crippen LogP) is 3.89. The zero-order valence-electron chi connectivity index (χ0n) is 11.9. The maximum absolute atomic E-state index is 11.6. The van der Waals surface area contributed by atoms with E-state index in [1.54, 1.807) is 0 Å². The SMILES string of the molecule is Cc1c(Cl)ccc2c(N3CCCCC3)c(C(=O)O)cnc12. The molecule has 1 aliphatic rings. The molecule has 1 N–H and O–H groups in total. The van der Waals surface area contributed by atoms with Gasteiger partial charge >= 0.3 is 5.97 Å². The molecule has 21 heavy (non-hydrogen) atoms. The molecule has 0 bridgehead atoms. The van der Waals surface area contributed by atoms with Crippen LogP contribution in [0.4, 0.5) is 5.69 Å². The van der Waals surface area contributed by atoms with E-state index in [0.717, 1.165) is 48.1 Å². The van der Waals surface area contributed by atoms with Crippen LogP contribution in [-0.4, -0.2) is 29.1 Å². The molecule has 0 spiro atoms. The fourth-order valence-electron chi connectivity index (χ4n) is 2.98. The van der Waals surface area contributed by atoms with Crippen LogP contribution in [0.3, 0.4) is 0 Å². The first kappa shape index (κ1) is 14.1. The number of carbonyl (C=O) groups is 1. The molecular formula is C16H17ClN2O2. The Bertz CT molecular complexity index is 709. The number of carboxylic acids is 1. The third-order valence-corrected chi connectivity index (χ3v) is 4.51. The zero-order chi connectivity index (χ0) is 15.0. The maximum atomic E-state index is 11.6. The van der Waals surface area contributed by atoms with Crippen LogP contribution < -0.4 is 4.90 Å². The van der Waals surface area contributed by atoms with Crippen LogP contribution in [0, 0.1) is 6.92 Å². The number of rotatable bonds is 2. The van der Waals surface area contributed by atoms with Crippen molar-refractivity contribution >= 4 is 34.2 Å². The second-order valence-electron chi connectivity index (χ2n) is 5.44. The van der Waals surface area contributed by atoms with Gasteiger partial charge in [0, 0.05) is 29.7 Å². The summed E-state index contributed by atoms with van der Waals surface area (Å²) in [6.07, 6.45) is 4.84. The Morgan fingerprint density at radius 2 is 2.00 bits per heavy atom. The van der Waals surface area contributed by atoms with E-state index in [2.05, 4.69) is 9.88 Å². The molecular weight excluding hydrogens is 288 g/mol. The van der Waals surface area contributed by atoms with Gasteiger partial charge in [-0.05, 0) is 43.9 Å². The Hall–Kier alpha value is -1.81. The Kier molecular flexibility index (Phi) is 3.72. The van der Waals surface area contributed by atoms with Crippen molar-refractivity contribution in [1.29, 1.82) is 0 Å². The lowest BCUT2D eigenvalue weighted by Crippen LogP contribution is -2.31. The summed E-state index contributed by atoms with van der Waals surface area (Å²) < 4.78 is 0. The first-order valence-corrected chi connectivity index (χ1v) is 7.53. The molecule has 0 atom stereocenters. The first-order valence-electron chi connectivity index (χ1n) is 7.15. The highest BCUT2D eigenvalue weighted by Gasteiger charge is 2.22. The Morgan fingerprint density at radius 3 is 2.67 bits per heavy atom. The van der Waals surface area contributed by atoms with Crippen LogP contribution in [0.2, 0.25) is 5.02 Å². The molecule has 2 aromatic rings. The molecule has 4 nitrogen and oxygen atoms in total. The van der Waals surface area contributed by atoms with Gasteiger partial charge in [0.25, 0.3) is 0 Å².